The Morgan fingerprint density at radius 2 is 2.24 bits per heavy atom. The number of rotatable bonds is 3. The van der Waals surface area contributed by atoms with E-state index in [-0.39, 0.29) is 0 Å². The van der Waals surface area contributed by atoms with E-state index in [4.69, 9.17) is 23.2 Å². The summed E-state index contributed by atoms with van der Waals surface area (Å²) in [5, 5.41) is 13.0. The molecule has 0 aliphatic carbocycles. The van der Waals surface area contributed by atoms with Crippen LogP contribution in [-0.2, 0) is 6.54 Å². The van der Waals surface area contributed by atoms with Crippen molar-refractivity contribution >= 4 is 23.2 Å². The number of nitrogens with one attached hydrogen (secondary N) is 1. The van der Waals surface area contributed by atoms with Crippen molar-refractivity contribution in [1.29, 1.82) is 0 Å². The zero-order valence-corrected chi connectivity index (χ0v) is 13.3. The minimum Gasteiger partial charge on any atom is -0.312 e. The van der Waals surface area contributed by atoms with Gasteiger partial charge in [-0.15, -0.1) is 5.10 Å². The molecule has 0 unspecified atom stereocenters. The molecule has 1 fully saturated rings. The number of aromatic nitrogens is 3. The van der Waals surface area contributed by atoms with E-state index in [2.05, 4.69) is 27.5 Å². The van der Waals surface area contributed by atoms with Crippen LogP contribution in [0.3, 0.4) is 0 Å². The first-order valence-corrected chi connectivity index (χ1v) is 7.70. The standard InChI is InChI=1S/C14H17Cl2N5/c1-10-7-20(5-4-17-10)8-12-9-21(19-18-12)14-3-2-11(15)6-13(14)16/h2-3,6,9-10,17H,4-5,7-8H2,1H3/t10-/m0/s1. The molecule has 1 aliphatic rings. The average Bonchev–Trinajstić information content (AvgIpc) is 2.87. The minimum absolute atomic E-state index is 0.513. The molecule has 2 aromatic rings. The lowest BCUT2D eigenvalue weighted by Gasteiger charge is -2.30. The van der Waals surface area contributed by atoms with E-state index < -0.39 is 0 Å². The summed E-state index contributed by atoms with van der Waals surface area (Å²) in [5.74, 6) is 0. The molecule has 2 heterocycles. The Labute approximate surface area is 133 Å². The van der Waals surface area contributed by atoms with Crippen LogP contribution in [0.2, 0.25) is 10.0 Å². The number of nitrogens with zero attached hydrogens (tertiary/aromatic N) is 4. The summed E-state index contributed by atoms with van der Waals surface area (Å²) in [7, 11) is 0. The molecule has 0 amide bonds. The van der Waals surface area contributed by atoms with Crippen molar-refractivity contribution in [1.82, 2.24) is 25.2 Å². The Morgan fingerprint density at radius 1 is 1.38 bits per heavy atom. The quantitative estimate of drug-likeness (QED) is 0.941. The van der Waals surface area contributed by atoms with Gasteiger partial charge in [0, 0.05) is 37.2 Å². The molecule has 3 rings (SSSR count). The Balaban J connectivity index is 1.74. The maximum atomic E-state index is 6.19. The smallest absolute Gasteiger partial charge is 0.0971 e. The molecule has 1 aromatic carbocycles. The lowest BCUT2D eigenvalue weighted by Crippen LogP contribution is -2.48. The van der Waals surface area contributed by atoms with Gasteiger partial charge in [-0.3, -0.25) is 4.90 Å². The van der Waals surface area contributed by atoms with Gasteiger partial charge in [-0.1, -0.05) is 28.4 Å². The van der Waals surface area contributed by atoms with Crippen LogP contribution < -0.4 is 5.32 Å². The predicted molar refractivity (Wildman–Crippen MR) is 84.1 cm³/mol. The second-order valence-corrected chi connectivity index (χ2v) is 6.18. The summed E-state index contributed by atoms with van der Waals surface area (Å²) >= 11 is 12.1. The molecule has 0 saturated carbocycles. The highest BCUT2D eigenvalue weighted by Crippen LogP contribution is 2.23. The summed E-state index contributed by atoms with van der Waals surface area (Å²) in [6.07, 6.45) is 1.92. The first kappa shape index (κ1) is 14.8. The van der Waals surface area contributed by atoms with Crippen LogP contribution in [0.1, 0.15) is 12.6 Å². The van der Waals surface area contributed by atoms with Gasteiger partial charge in [-0.2, -0.15) is 0 Å². The summed E-state index contributed by atoms with van der Waals surface area (Å²) < 4.78 is 1.69. The minimum atomic E-state index is 0.513. The lowest BCUT2D eigenvalue weighted by atomic mass is 10.2. The SMILES string of the molecule is C[C@H]1CN(Cc2cn(-c3ccc(Cl)cc3Cl)nn2)CCN1. The number of hydrogen-bond acceptors (Lipinski definition) is 4. The number of hydrogen-bond donors (Lipinski definition) is 1. The molecule has 7 heteroatoms. The molecule has 1 N–H and O–H groups in total. The molecule has 21 heavy (non-hydrogen) atoms. The number of halogens is 2. The number of piperazine rings is 1. The molecule has 112 valence electrons. The molecule has 0 spiro atoms. The molecular weight excluding hydrogens is 309 g/mol. The zero-order valence-electron chi connectivity index (χ0n) is 11.8. The van der Waals surface area contributed by atoms with Crippen LogP contribution in [-0.4, -0.2) is 45.6 Å². The van der Waals surface area contributed by atoms with Gasteiger partial charge in [0.2, 0.25) is 0 Å². The Hall–Kier alpha value is -1.14. The van der Waals surface area contributed by atoms with Crippen molar-refractivity contribution in [3.05, 3.63) is 40.1 Å². The van der Waals surface area contributed by atoms with Crippen LogP contribution in [0.4, 0.5) is 0 Å². The van der Waals surface area contributed by atoms with E-state index in [0.717, 1.165) is 37.6 Å². The van der Waals surface area contributed by atoms with Gasteiger partial charge in [0.1, 0.15) is 0 Å². The highest BCUT2D eigenvalue weighted by molar-refractivity contribution is 6.35. The predicted octanol–water partition coefficient (Wildman–Crippen LogP) is 2.37. The average molecular weight is 326 g/mol. The Kier molecular flexibility index (Phi) is 4.45. The van der Waals surface area contributed by atoms with Gasteiger partial charge in [-0.05, 0) is 25.1 Å². The van der Waals surface area contributed by atoms with Crippen molar-refractivity contribution in [2.75, 3.05) is 19.6 Å². The van der Waals surface area contributed by atoms with Crippen molar-refractivity contribution in [3.63, 3.8) is 0 Å². The maximum Gasteiger partial charge on any atom is 0.0971 e. The van der Waals surface area contributed by atoms with E-state index in [1.54, 1.807) is 16.8 Å². The Morgan fingerprint density at radius 3 is 3.00 bits per heavy atom. The third kappa shape index (κ3) is 3.55. The summed E-state index contributed by atoms with van der Waals surface area (Å²) in [6.45, 7) is 6.06. The largest absolute Gasteiger partial charge is 0.312 e. The normalized spacial score (nSPS) is 19.9. The summed E-state index contributed by atoms with van der Waals surface area (Å²) in [4.78, 5) is 2.37. The van der Waals surface area contributed by atoms with E-state index >= 15 is 0 Å². The highest BCUT2D eigenvalue weighted by Gasteiger charge is 2.17. The fourth-order valence-electron chi connectivity index (χ4n) is 2.54. The van der Waals surface area contributed by atoms with Crippen LogP contribution in [0, 0.1) is 0 Å². The summed E-state index contributed by atoms with van der Waals surface area (Å²) in [6, 6.07) is 5.86. The van der Waals surface area contributed by atoms with Crippen LogP contribution in [0.15, 0.2) is 24.4 Å². The van der Waals surface area contributed by atoms with E-state index in [1.807, 2.05) is 12.3 Å². The first-order chi connectivity index (χ1) is 10.1. The van der Waals surface area contributed by atoms with E-state index in [9.17, 15) is 0 Å². The lowest BCUT2D eigenvalue weighted by molar-refractivity contribution is 0.197. The zero-order chi connectivity index (χ0) is 14.8. The molecule has 1 atom stereocenters. The van der Waals surface area contributed by atoms with Gasteiger partial charge < -0.3 is 5.32 Å². The molecule has 1 aliphatic heterocycles. The van der Waals surface area contributed by atoms with Crippen LogP contribution in [0.5, 0.6) is 0 Å². The topological polar surface area (TPSA) is 46.0 Å². The van der Waals surface area contributed by atoms with E-state index in [0.29, 0.717) is 16.1 Å². The van der Waals surface area contributed by atoms with Crippen LogP contribution in [0.25, 0.3) is 5.69 Å². The molecule has 1 aromatic heterocycles. The first-order valence-electron chi connectivity index (χ1n) is 6.94. The molecule has 0 bridgehead atoms. The monoisotopic (exact) mass is 325 g/mol. The molecule has 0 radical (unpaired) electrons. The molecule has 1 saturated heterocycles. The van der Waals surface area contributed by atoms with Crippen molar-refractivity contribution in [3.8, 4) is 5.69 Å². The van der Waals surface area contributed by atoms with Crippen LogP contribution >= 0.6 is 23.2 Å². The third-order valence-electron chi connectivity index (χ3n) is 3.54. The van der Waals surface area contributed by atoms with Crippen molar-refractivity contribution in [2.45, 2.75) is 19.5 Å². The fraction of sp³-hybridized carbons (Fsp3) is 0.429. The van der Waals surface area contributed by atoms with Gasteiger partial charge in [-0.25, -0.2) is 4.68 Å². The van der Waals surface area contributed by atoms with Gasteiger partial charge in [0.15, 0.2) is 0 Å². The maximum absolute atomic E-state index is 6.19. The van der Waals surface area contributed by atoms with Crippen molar-refractivity contribution < 1.29 is 0 Å². The fourth-order valence-corrected chi connectivity index (χ4v) is 3.04. The second kappa shape index (κ2) is 6.32. The molecule has 5 nitrogen and oxygen atoms in total. The van der Waals surface area contributed by atoms with Gasteiger partial charge in [0.05, 0.1) is 22.6 Å². The van der Waals surface area contributed by atoms with Gasteiger partial charge in [0.25, 0.3) is 0 Å². The second-order valence-electron chi connectivity index (χ2n) is 5.34. The van der Waals surface area contributed by atoms with Gasteiger partial charge >= 0.3 is 0 Å². The highest BCUT2D eigenvalue weighted by atomic mass is 35.5. The van der Waals surface area contributed by atoms with Crippen molar-refractivity contribution in [2.24, 2.45) is 0 Å². The molecular formula is C14H17Cl2N5. The Bertz CT molecular complexity index is 628. The number of benzene rings is 1. The van der Waals surface area contributed by atoms with E-state index in [1.165, 1.54) is 0 Å². The third-order valence-corrected chi connectivity index (χ3v) is 4.07. The summed E-state index contributed by atoms with van der Waals surface area (Å²) in [5.41, 5.74) is 1.73.